The van der Waals surface area contributed by atoms with Crippen LogP contribution in [-0.4, -0.2) is 12.6 Å². The number of rotatable bonds is 6. The van der Waals surface area contributed by atoms with Crippen molar-refractivity contribution in [2.45, 2.75) is 39.2 Å². The second kappa shape index (κ2) is 6.92. The third kappa shape index (κ3) is 4.14. The largest absolute Gasteiger partial charge is 0.494 e. The van der Waals surface area contributed by atoms with Crippen LogP contribution in [0.25, 0.3) is 0 Å². The lowest BCUT2D eigenvalue weighted by atomic mass is 10.0. The molecule has 0 amide bonds. The van der Waals surface area contributed by atoms with Gasteiger partial charge in [-0.3, -0.25) is 0 Å². The summed E-state index contributed by atoms with van der Waals surface area (Å²) in [5, 5.41) is 0. The van der Waals surface area contributed by atoms with Gasteiger partial charge in [0.1, 0.15) is 5.75 Å². The third-order valence-electron chi connectivity index (χ3n) is 2.50. The van der Waals surface area contributed by atoms with Gasteiger partial charge in [-0.1, -0.05) is 29.8 Å². The first-order valence-corrected chi connectivity index (χ1v) is 6.63. The lowest BCUT2D eigenvalue weighted by Crippen LogP contribution is -2.21. The zero-order chi connectivity index (χ0) is 12.0. The summed E-state index contributed by atoms with van der Waals surface area (Å²) in [7, 11) is 0. The highest BCUT2D eigenvalue weighted by atomic mass is 79.9. The molecule has 1 atom stereocenters. The monoisotopic (exact) mass is 285 g/mol. The minimum Gasteiger partial charge on any atom is -0.494 e. The minimum atomic E-state index is 0.220. The average molecular weight is 286 g/mol. The fourth-order valence-electron chi connectivity index (χ4n) is 1.44. The van der Waals surface area contributed by atoms with Crippen LogP contribution in [0.4, 0.5) is 0 Å². The molecule has 0 fully saturated rings. The van der Waals surface area contributed by atoms with Crippen LogP contribution in [-0.2, 0) is 6.42 Å². The van der Waals surface area contributed by atoms with E-state index < -0.39 is 0 Å². The van der Waals surface area contributed by atoms with Gasteiger partial charge in [0.15, 0.2) is 0 Å². The molecule has 16 heavy (non-hydrogen) atoms. The molecule has 2 nitrogen and oxygen atoms in total. The minimum absolute atomic E-state index is 0.220. The van der Waals surface area contributed by atoms with Crippen LogP contribution >= 0.6 is 15.9 Å². The molecule has 0 saturated carbocycles. The van der Waals surface area contributed by atoms with E-state index in [0.29, 0.717) is 0 Å². The van der Waals surface area contributed by atoms with E-state index >= 15 is 0 Å². The van der Waals surface area contributed by atoms with Crippen LogP contribution in [0.5, 0.6) is 5.75 Å². The van der Waals surface area contributed by atoms with Crippen molar-refractivity contribution in [3.8, 4) is 5.75 Å². The van der Waals surface area contributed by atoms with Gasteiger partial charge in [0.25, 0.3) is 0 Å². The van der Waals surface area contributed by atoms with Crippen LogP contribution in [0.3, 0.4) is 0 Å². The summed E-state index contributed by atoms with van der Waals surface area (Å²) in [6, 6.07) is 6.32. The Morgan fingerprint density at radius 2 is 2.12 bits per heavy atom. The Labute approximate surface area is 106 Å². The second-order valence-corrected chi connectivity index (χ2v) is 4.83. The number of hydrogen-bond donors (Lipinski definition) is 1. The number of ether oxygens (including phenoxy) is 1. The van der Waals surface area contributed by atoms with Crippen molar-refractivity contribution in [2.75, 3.05) is 6.61 Å². The quantitative estimate of drug-likeness (QED) is 0.868. The normalized spacial score (nSPS) is 12.5. The molecular weight excluding hydrogens is 266 g/mol. The Morgan fingerprint density at radius 3 is 2.75 bits per heavy atom. The highest BCUT2D eigenvalue weighted by molar-refractivity contribution is 9.10. The Bertz CT molecular complexity index is 328. The topological polar surface area (TPSA) is 35.2 Å². The molecule has 0 aliphatic rings. The number of hydrogen-bond acceptors (Lipinski definition) is 2. The third-order valence-corrected chi connectivity index (χ3v) is 3.27. The van der Waals surface area contributed by atoms with E-state index in [1.807, 2.05) is 12.1 Å². The summed E-state index contributed by atoms with van der Waals surface area (Å²) in [6.45, 7) is 4.98. The first-order chi connectivity index (χ1) is 7.67. The number of benzene rings is 1. The Hall–Kier alpha value is -0.540. The van der Waals surface area contributed by atoms with Crippen molar-refractivity contribution >= 4 is 15.9 Å². The van der Waals surface area contributed by atoms with Gasteiger partial charge in [-0.2, -0.15) is 0 Å². The van der Waals surface area contributed by atoms with Gasteiger partial charge in [0.2, 0.25) is 0 Å². The van der Waals surface area contributed by atoms with Crippen molar-refractivity contribution in [1.82, 2.24) is 0 Å². The van der Waals surface area contributed by atoms with Gasteiger partial charge in [-0.15, -0.1) is 0 Å². The predicted octanol–water partition coefficient (Wildman–Crippen LogP) is 3.52. The summed E-state index contributed by atoms with van der Waals surface area (Å²) < 4.78 is 6.72. The molecule has 2 N–H and O–H groups in total. The Balaban J connectivity index is 2.73. The predicted molar refractivity (Wildman–Crippen MR) is 71.9 cm³/mol. The summed E-state index contributed by atoms with van der Waals surface area (Å²) in [6.07, 6.45) is 2.91. The average Bonchev–Trinajstić information content (AvgIpc) is 2.30. The maximum atomic E-state index is 5.96. The van der Waals surface area contributed by atoms with Gasteiger partial charge in [-0.25, -0.2) is 0 Å². The van der Waals surface area contributed by atoms with E-state index in [9.17, 15) is 0 Å². The molecule has 1 aromatic carbocycles. The van der Waals surface area contributed by atoms with E-state index in [1.165, 1.54) is 5.56 Å². The summed E-state index contributed by atoms with van der Waals surface area (Å²) in [5.41, 5.74) is 7.19. The molecule has 90 valence electrons. The van der Waals surface area contributed by atoms with E-state index in [-0.39, 0.29) is 6.04 Å². The highest BCUT2D eigenvalue weighted by Crippen LogP contribution is 2.24. The van der Waals surface area contributed by atoms with E-state index in [1.54, 1.807) is 0 Å². The first kappa shape index (κ1) is 13.5. The van der Waals surface area contributed by atoms with Crippen molar-refractivity contribution in [2.24, 2.45) is 5.73 Å². The summed E-state index contributed by atoms with van der Waals surface area (Å²) in [5.74, 6) is 0.934. The molecule has 1 aromatic rings. The molecule has 3 heteroatoms. The van der Waals surface area contributed by atoms with Crippen LogP contribution in [0.1, 0.15) is 32.3 Å². The summed E-state index contributed by atoms with van der Waals surface area (Å²) in [4.78, 5) is 0. The molecule has 0 saturated heterocycles. The zero-order valence-electron chi connectivity index (χ0n) is 10.0. The lowest BCUT2D eigenvalue weighted by molar-refractivity contribution is 0.317. The summed E-state index contributed by atoms with van der Waals surface area (Å²) >= 11 is 3.55. The van der Waals surface area contributed by atoms with E-state index in [4.69, 9.17) is 10.5 Å². The zero-order valence-corrected chi connectivity index (χ0v) is 11.6. The first-order valence-electron chi connectivity index (χ1n) is 5.84. The standard InChI is InChI=1S/C13H20BrNO/c1-3-7-16-12-5-6-13(14)10(9-12)8-11(15)4-2/h5-6,9,11H,3-4,7-8,15H2,1-2H3. The maximum Gasteiger partial charge on any atom is 0.119 e. The van der Waals surface area contributed by atoms with E-state index in [2.05, 4.69) is 35.8 Å². The molecule has 0 aromatic heterocycles. The molecule has 0 aliphatic carbocycles. The molecule has 1 unspecified atom stereocenters. The Kier molecular flexibility index (Phi) is 5.85. The van der Waals surface area contributed by atoms with Crippen molar-refractivity contribution < 1.29 is 4.74 Å². The van der Waals surface area contributed by atoms with Gasteiger partial charge in [0.05, 0.1) is 6.61 Å². The molecular formula is C13H20BrNO. The molecule has 1 rings (SSSR count). The smallest absolute Gasteiger partial charge is 0.119 e. The fourth-order valence-corrected chi connectivity index (χ4v) is 1.85. The van der Waals surface area contributed by atoms with Crippen molar-refractivity contribution in [3.63, 3.8) is 0 Å². The molecule has 0 spiro atoms. The van der Waals surface area contributed by atoms with Gasteiger partial charge >= 0.3 is 0 Å². The lowest BCUT2D eigenvalue weighted by Gasteiger charge is -2.12. The molecule has 0 bridgehead atoms. The molecule has 0 heterocycles. The molecule has 0 aliphatic heterocycles. The van der Waals surface area contributed by atoms with Crippen LogP contribution in [0.2, 0.25) is 0 Å². The maximum absolute atomic E-state index is 5.96. The SMILES string of the molecule is CCCOc1ccc(Br)c(CC(N)CC)c1. The van der Waals surface area contributed by atoms with Crippen molar-refractivity contribution in [3.05, 3.63) is 28.2 Å². The van der Waals surface area contributed by atoms with Crippen LogP contribution < -0.4 is 10.5 Å². The van der Waals surface area contributed by atoms with Crippen LogP contribution in [0, 0.1) is 0 Å². The Morgan fingerprint density at radius 1 is 1.38 bits per heavy atom. The van der Waals surface area contributed by atoms with Crippen molar-refractivity contribution in [1.29, 1.82) is 0 Å². The molecule has 0 radical (unpaired) electrons. The van der Waals surface area contributed by atoms with Gasteiger partial charge in [0, 0.05) is 10.5 Å². The second-order valence-electron chi connectivity index (χ2n) is 3.97. The van der Waals surface area contributed by atoms with Gasteiger partial charge in [-0.05, 0) is 43.0 Å². The fraction of sp³-hybridized carbons (Fsp3) is 0.538. The number of halogens is 1. The highest BCUT2D eigenvalue weighted by Gasteiger charge is 2.06. The number of nitrogens with two attached hydrogens (primary N) is 1. The van der Waals surface area contributed by atoms with E-state index in [0.717, 1.165) is 36.1 Å². The van der Waals surface area contributed by atoms with Crippen LogP contribution in [0.15, 0.2) is 22.7 Å². The van der Waals surface area contributed by atoms with Gasteiger partial charge < -0.3 is 10.5 Å².